The summed E-state index contributed by atoms with van der Waals surface area (Å²) in [5, 5.41) is 3.76. The number of likely N-dealkylation sites (N-methyl/N-ethyl adjacent to an activating group) is 1. The minimum Gasteiger partial charge on any atom is -0.479 e. The number of likely N-dealkylation sites (tertiary alicyclic amines) is 1. The molecule has 1 fully saturated rings. The number of hydrogen-bond donors (Lipinski definition) is 0. The smallest absolute Gasteiger partial charge is 0.254 e. The Kier molecular flexibility index (Phi) is 5.07. The van der Waals surface area contributed by atoms with Crippen LogP contribution in [0.3, 0.4) is 0 Å². The van der Waals surface area contributed by atoms with Crippen LogP contribution in [0.25, 0.3) is 0 Å². The van der Waals surface area contributed by atoms with E-state index in [1.165, 1.54) is 18.4 Å². The van der Waals surface area contributed by atoms with Gasteiger partial charge in [-0.05, 0) is 18.6 Å². The van der Waals surface area contributed by atoms with Crippen LogP contribution in [0.15, 0.2) is 16.8 Å². The van der Waals surface area contributed by atoms with E-state index in [2.05, 4.69) is 22.1 Å². The predicted molar refractivity (Wildman–Crippen MR) is 97.4 cm³/mol. The van der Waals surface area contributed by atoms with E-state index in [1.54, 1.807) is 6.07 Å². The molecule has 0 aromatic carbocycles. The third kappa shape index (κ3) is 3.95. The lowest BCUT2D eigenvalue weighted by molar-refractivity contribution is -0.130. The summed E-state index contributed by atoms with van der Waals surface area (Å²) in [5.74, 6) is 2.35. The second-order valence-electron chi connectivity index (χ2n) is 7.35. The van der Waals surface area contributed by atoms with Crippen molar-refractivity contribution in [3.05, 3.63) is 35.1 Å². The first-order valence-corrected chi connectivity index (χ1v) is 9.43. The number of nitrogens with zero attached hydrogens (tertiary/aromatic N) is 5. The van der Waals surface area contributed by atoms with Crippen LogP contribution in [0.2, 0.25) is 0 Å². The van der Waals surface area contributed by atoms with Crippen LogP contribution in [0.4, 0.5) is 0 Å². The number of carbonyl (C=O) groups is 1. The van der Waals surface area contributed by atoms with Gasteiger partial charge in [0.2, 0.25) is 5.91 Å². The quantitative estimate of drug-likeness (QED) is 0.785. The Bertz CT molecular complexity index is 821. The van der Waals surface area contributed by atoms with Gasteiger partial charge in [-0.3, -0.25) is 4.79 Å². The van der Waals surface area contributed by atoms with E-state index in [-0.39, 0.29) is 11.8 Å². The van der Waals surface area contributed by atoms with Gasteiger partial charge >= 0.3 is 0 Å². The summed E-state index contributed by atoms with van der Waals surface area (Å²) in [6, 6.07) is 1.72. The summed E-state index contributed by atoms with van der Waals surface area (Å²) < 4.78 is 10.1. The van der Waals surface area contributed by atoms with Crippen LogP contribution in [0, 0.1) is 0 Å². The summed E-state index contributed by atoms with van der Waals surface area (Å²) in [5.41, 5.74) is 2.39. The zero-order valence-electron chi connectivity index (χ0n) is 15.8. The van der Waals surface area contributed by atoms with Crippen LogP contribution >= 0.6 is 0 Å². The first-order chi connectivity index (χ1) is 13.1. The summed E-state index contributed by atoms with van der Waals surface area (Å²) in [6.45, 7) is 3.39. The largest absolute Gasteiger partial charge is 0.479 e. The Morgan fingerprint density at radius 2 is 2.30 bits per heavy atom. The molecule has 2 aromatic heterocycles. The van der Waals surface area contributed by atoms with Gasteiger partial charge in [-0.15, -0.1) is 0 Å². The van der Waals surface area contributed by atoms with E-state index < -0.39 is 0 Å². The zero-order valence-corrected chi connectivity index (χ0v) is 15.8. The molecule has 2 aliphatic rings. The lowest BCUT2D eigenvalue weighted by atomic mass is 10.1. The fourth-order valence-electron chi connectivity index (χ4n) is 3.76. The highest BCUT2D eigenvalue weighted by atomic mass is 16.5. The Balaban J connectivity index is 1.33. The number of aromatic nitrogens is 3. The van der Waals surface area contributed by atoms with E-state index in [4.69, 9.17) is 14.2 Å². The van der Waals surface area contributed by atoms with Crippen LogP contribution in [-0.2, 0) is 24.2 Å². The molecule has 2 aromatic rings. The van der Waals surface area contributed by atoms with Crippen molar-refractivity contribution in [1.29, 1.82) is 0 Å². The molecule has 27 heavy (non-hydrogen) atoms. The third-order valence-corrected chi connectivity index (χ3v) is 5.38. The van der Waals surface area contributed by atoms with Gasteiger partial charge in [-0.25, -0.2) is 9.97 Å². The number of ether oxygens (including phenoxy) is 1. The molecule has 4 rings (SSSR count). The van der Waals surface area contributed by atoms with Gasteiger partial charge in [0, 0.05) is 74.9 Å². The molecule has 4 heterocycles. The number of hydrogen-bond acceptors (Lipinski definition) is 7. The van der Waals surface area contributed by atoms with E-state index in [0.717, 1.165) is 38.3 Å². The predicted octanol–water partition coefficient (Wildman–Crippen LogP) is 1.41. The number of amides is 1. The van der Waals surface area contributed by atoms with Gasteiger partial charge in [-0.2, -0.15) is 0 Å². The van der Waals surface area contributed by atoms with Crippen molar-refractivity contribution >= 4 is 5.91 Å². The maximum absolute atomic E-state index is 12.5. The lowest BCUT2D eigenvalue weighted by Crippen LogP contribution is -2.29. The van der Waals surface area contributed by atoms with Gasteiger partial charge in [0.1, 0.15) is 11.6 Å². The van der Waals surface area contributed by atoms with E-state index in [0.29, 0.717) is 31.0 Å². The molecule has 8 nitrogen and oxygen atoms in total. The van der Waals surface area contributed by atoms with Crippen LogP contribution in [-0.4, -0.2) is 64.6 Å². The molecule has 0 bridgehead atoms. The minimum absolute atomic E-state index is 0.132. The van der Waals surface area contributed by atoms with E-state index >= 15 is 0 Å². The molecular formula is C19H25N5O3. The van der Waals surface area contributed by atoms with E-state index in [1.807, 2.05) is 11.1 Å². The zero-order chi connectivity index (χ0) is 18.8. The molecule has 0 saturated carbocycles. The number of rotatable bonds is 5. The molecule has 0 aliphatic carbocycles. The van der Waals surface area contributed by atoms with Crippen molar-refractivity contribution in [2.45, 2.75) is 38.1 Å². The summed E-state index contributed by atoms with van der Waals surface area (Å²) in [7, 11) is 3.66. The first-order valence-electron chi connectivity index (χ1n) is 9.43. The summed E-state index contributed by atoms with van der Waals surface area (Å²) in [4.78, 5) is 26.1. The molecule has 0 N–H and O–H groups in total. The number of carbonyl (C=O) groups excluding carboxylic acids is 1. The second-order valence-corrected chi connectivity index (χ2v) is 7.35. The second kappa shape index (κ2) is 7.64. The third-order valence-electron chi connectivity index (χ3n) is 5.38. The molecule has 8 heteroatoms. The van der Waals surface area contributed by atoms with Crippen molar-refractivity contribution in [3.8, 4) is 5.88 Å². The van der Waals surface area contributed by atoms with Crippen molar-refractivity contribution in [1.82, 2.24) is 24.9 Å². The highest BCUT2D eigenvalue weighted by Crippen LogP contribution is 2.27. The van der Waals surface area contributed by atoms with Crippen molar-refractivity contribution < 1.29 is 14.1 Å². The van der Waals surface area contributed by atoms with Crippen LogP contribution in [0.1, 0.15) is 41.6 Å². The SMILES string of the molecule is COc1cc(CCC(=O)N2CCC(c3ncc4c(n3)CCN(C)C4)C2)on1. The fraction of sp³-hybridized carbons (Fsp3) is 0.579. The molecule has 1 unspecified atom stereocenters. The maximum Gasteiger partial charge on any atom is 0.254 e. The molecule has 0 radical (unpaired) electrons. The molecule has 0 spiro atoms. The monoisotopic (exact) mass is 371 g/mol. The highest BCUT2D eigenvalue weighted by Gasteiger charge is 2.30. The Morgan fingerprint density at radius 1 is 1.41 bits per heavy atom. The molecule has 1 amide bonds. The van der Waals surface area contributed by atoms with Crippen LogP contribution in [0.5, 0.6) is 5.88 Å². The number of aryl methyl sites for hydroxylation is 1. The average Bonchev–Trinajstić information content (AvgIpc) is 3.35. The van der Waals surface area contributed by atoms with Gasteiger partial charge in [0.05, 0.1) is 7.11 Å². The summed E-state index contributed by atoms with van der Waals surface area (Å²) in [6.07, 6.45) is 4.79. The van der Waals surface area contributed by atoms with Gasteiger partial charge in [-0.1, -0.05) is 0 Å². The molecule has 144 valence electrons. The highest BCUT2D eigenvalue weighted by molar-refractivity contribution is 5.76. The molecular weight excluding hydrogens is 346 g/mol. The number of methoxy groups -OCH3 is 1. The lowest BCUT2D eigenvalue weighted by Gasteiger charge is -2.24. The van der Waals surface area contributed by atoms with Crippen LogP contribution < -0.4 is 4.74 Å². The van der Waals surface area contributed by atoms with Gasteiger partial charge in [0.15, 0.2) is 0 Å². The minimum atomic E-state index is 0.132. The standard InChI is InChI=1S/C19H25N5O3/c1-23-7-6-16-14(11-23)10-20-19(21-16)13-5-8-24(12-13)18(25)4-3-15-9-17(26-2)22-27-15/h9-10,13H,3-8,11-12H2,1-2H3. The fourth-order valence-corrected chi connectivity index (χ4v) is 3.76. The Morgan fingerprint density at radius 3 is 3.11 bits per heavy atom. The first kappa shape index (κ1) is 17.9. The number of fused-ring (bicyclic) bond motifs is 1. The normalized spacial score (nSPS) is 19.9. The van der Waals surface area contributed by atoms with Crippen molar-refractivity contribution in [3.63, 3.8) is 0 Å². The van der Waals surface area contributed by atoms with Gasteiger partial charge in [0.25, 0.3) is 5.88 Å². The molecule has 2 aliphatic heterocycles. The Labute approximate surface area is 158 Å². The molecule has 1 atom stereocenters. The van der Waals surface area contributed by atoms with Gasteiger partial charge < -0.3 is 19.1 Å². The van der Waals surface area contributed by atoms with Crippen molar-refractivity contribution in [2.75, 3.05) is 33.8 Å². The average molecular weight is 371 g/mol. The maximum atomic E-state index is 12.5. The van der Waals surface area contributed by atoms with Crippen molar-refractivity contribution in [2.24, 2.45) is 0 Å². The van der Waals surface area contributed by atoms with E-state index in [9.17, 15) is 4.79 Å². The topological polar surface area (TPSA) is 84.6 Å². The Hall–Kier alpha value is -2.48. The summed E-state index contributed by atoms with van der Waals surface area (Å²) >= 11 is 0. The molecule has 1 saturated heterocycles.